The average molecular weight is 179 g/mol. The topological polar surface area (TPSA) is 12.0 Å². The van der Waals surface area contributed by atoms with E-state index in [1.807, 2.05) is 0 Å². The minimum Gasteiger partial charge on any atom is -0.310 e. The molecule has 1 N–H and O–H groups in total. The molecule has 2 aliphatic carbocycles. The molecule has 13 heavy (non-hydrogen) atoms. The molecule has 0 radical (unpaired) electrons. The highest BCUT2D eigenvalue weighted by atomic mass is 14.9. The number of rotatable bonds is 3. The monoisotopic (exact) mass is 179 g/mol. The third-order valence-electron chi connectivity index (χ3n) is 3.70. The summed E-state index contributed by atoms with van der Waals surface area (Å²) in [6.45, 7) is 7.02. The van der Waals surface area contributed by atoms with E-state index >= 15 is 0 Å². The highest BCUT2D eigenvalue weighted by Crippen LogP contribution is 2.56. The van der Waals surface area contributed by atoms with E-state index in [4.69, 9.17) is 0 Å². The van der Waals surface area contributed by atoms with Crippen LogP contribution in [0.15, 0.2) is 12.2 Å². The van der Waals surface area contributed by atoms with Crippen molar-refractivity contribution >= 4 is 0 Å². The smallest absolute Gasteiger partial charge is 0.0161 e. The van der Waals surface area contributed by atoms with Crippen molar-refractivity contribution in [1.29, 1.82) is 0 Å². The first kappa shape index (κ1) is 9.26. The molecule has 1 spiro atoms. The van der Waals surface area contributed by atoms with Gasteiger partial charge in [0.05, 0.1) is 0 Å². The van der Waals surface area contributed by atoms with Gasteiger partial charge in [-0.3, -0.25) is 0 Å². The molecule has 1 nitrogen and oxygen atoms in total. The van der Waals surface area contributed by atoms with E-state index in [9.17, 15) is 0 Å². The number of nitrogens with one attached hydrogen (secondary N) is 1. The van der Waals surface area contributed by atoms with Crippen LogP contribution < -0.4 is 5.32 Å². The Labute approximate surface area is 81.6 Å². The molecular formula is C12H21N. The molecule has 0 aromatic carbocycles. The summed E-state index contributed by atoms with van der Waals surface area (Å²) in [5.74, 6) is 0. The molecule has 0 unspecified atom stereocenters. The van der Waals surface area contributed by atoms with Gasteiger partial charge in [0, 0.05) is 12.6 Å². The molecule has 0 atom stereocenters. The second-order valence-corrected chi connectivity index (χ2v) is 5.11. The van der Waals surface area contributed by atoms with Crippen LogP contribution in [0.5, 0.6) is 0 Å². The molecule has 2 fully saturated rings. The summed E-state index contributed by atoms with van der Waals surface area (Å²) >= 11 is 0. The molecule has 2 rings (SSSR count). The maximum Gasteiger partial charge on any atom is 0.0161 e. The lowest BCUT2D eigenvalue weighted by atomic mass is 9.83. The van der Waals surface area contributed by atoms with Crippen molar-refractivity contribution in [2.45, 2.75) is 51.5 Å². The number of hydrogen-bond acceptors (Lipinski definition) is 1. The summed E-state index contributed by atoms with van der Waals surface area (Å²) in [6.07, 6.45) is 8.77. The van der Waals surface area contributed by atoms with Crippen molar-refractivity contribution < 1.29 is 0 Å². The van der Waals surface area contributed by atoms with Crippen LogP contribution in [-0.4, -0.2) is 12.6 Å². The zero-order valence-corrected chi connectivity index (χ0v) is 8.73. The van der Waals surface area contributed by atoms with Gasteiger partial charge in [0.1, 0.15) is 0 Å². The first-order chi connectivity index (χ1) is 6.20. The molecule has 0 amide bonds. The lowest BCUT2D eigenvalue weighted by Crippen LogP contribution is -2.34. The fourth-order valence-electron chi connectivity index (χ4n) is 2.43. The summed E-state index contributed by atoms with van der Waals surface area (Å²) in [5.41, 5.74) is 2.09. The van der Waals surface area contributed by atoms with Crippen molar-refractivity contribution in [3.8, 4) is 0 Å². The Bertz CT molecular complexity index is 193. The fraction of sp³-hybridized carbons (Fsp3) is 0.833. The van der Waals surface area contributed by atoms with Crippen molar-refractivity contribution in [3.05, 3.63) is 12.2 Å². The second-order valence-electron chi connectivity index (χ2n) is 5.11. The fourth-order valence-corrected chi connectivity index (χ4v) is 2.43. The quantitative estimate of drug-likeness (QED) is 0.657. The number of hydrogen-bond donors (Lipinski definition) is 1. The summed E-state index contributed by atoms with van der Waals surface area (Å²) in [7, 11) is 0. The van der Waals surface area contributed by atoms with Crippen LogP contribution in [0.4, 0.5) is 0 Å². The molecule has 74 valence electrons. The predicted octanol–water partition coefficient (Wildman–Crippen LogP) is 2.87. The van der Waals surface area contributed by atoms with Gasteiger partial charge in [-0.2, -0.15) is 0 Å². The van der Waals surface area contributed by atoms with Crippen LogP contribution in [0.3, 0.4) is 0 Å². The maximum absolute atomic E-state index is 3.92. The third kappa shape index (κ3) is 2.34. The van der Waals surface area contributed by atoms with Crippen LogP contribution in [0, 0.1) is 5.41 Å². The SMILES string of the molecule is C=C(C)CNC1CCC2(CC1)CC2. The lowest BCUT2D eigenvalue weighted by molar-refractivity contribution is 0.278. The van der Waals surface area contributed by atoms with Gasteiger partial charge in [-0.25, -0.2) is 0 Å². The molecule has 0 bridgehead atoms. The summed E-state index contributed by atoms with van der Waals surface area (Å²) < 4.78 is 0. The van der Waals surface area contributed by atoms with Crippen LogP contribution >= 0.6 is 0 Å². The Morgan fingerprint density at radius 1 is 1.31 bits per heavy atom. The Kier molecular flexibility index (Phi) is 2.46. The molecule has 2 saturated carbocycles. The Hall–Kier alpha value is -0.300. The molecule has 0 aromatic rings. The van der Waals surface area contributed by atoms with E-state index in [1.54, 1.807) is 0 Å². The minimum absolute atomic E-state index is 0.780. The van der Waals surface area contributed by atoms with Crippen LogP contribution in [0.1, 0.15) is 45.4 Å². The van der Waals surface area contributed by atoms with E-state index in [1.165, 1.54) is 44.1 Å². The van der Waals surface area contributed by atoms with Crippen LogP contribution in [0.2, 0.25) is 0 Å². The largest absolute Gasteiger partial charge is 0.310 e. The molecule has 0 aliphatic heterocycles. The van der Waals surface area contributed by atoms with E-state index in [0.717, 1.165) is 18.0 Å². The molecule has 2 aliphatic rings. The van der Waals surface area contributed by atoms with Gasteiger partial charge in [0.25, 0.3) is 0 Å². The Morgan fingerprint density at radius 2 is 1.92 bits per heavy atom. The molecule has 1 heteroatoms. The minimum atomic E-state index is 0.780. The third-order valence-corrected chi connectivity index (χ3v) is 3.70. The van der Waals surface area contributed by atoms with E-state index in [2.05, 4.69) is 18.8 Å². The summed E-state index contributed by atoms with van der Waals surface area (Å²) in [6, 6.07) is 0.780. The van der Waals surface area contributed by atoms with Crippen molar-refractivity contribution in [2.24, 2.45) is 5.41 Å². The normalized spacial score (nSPS) is 26.2. The van der Waals surface area contributed by atoms with E-state index < -0.39 is 0 Å². The summed E-state index contributed by atoms with van der Waals surface area (Å²) in [4.78, 5) is 0. The first-order valence-electron chi connectivity index (χ1n) is 5.58. The zero-order chi connectivity index (χ0) is 9.31. The van der Waals surface area contributed by atoms with Crippen LogP contribution in [0.25, 0.3) is 0 Å². The van der Waals surface area contributed by atoms with Gasteiger partial charge >= 0.3 is 0 Å². The summed E-state index contributed by atoms with van der Waals surface area (Å²) in [5, 5.41) is 3.59. The second kappa shape index (κ2) is 3.45. The average Bonchev–Trinajstić information content (AvgIpc) is 2.85. The maximum atomic E-state index is 3.92. The highest BCUT2D eigenvalue weighted by molar-refractivity contribution is 4.99. The van der Waals surface area contributed by atoms with Gasteiger partial charge in [-0.1, -0.05) is 12.2 Å². The van der Waals surface area contributed by atoms with Gasteiger partial charge in [0.15, 0.2) is 0 Å². The Balaban J connectivity index is 1.69. The van der Waals surface area contributed by atoms with E-state index in [-0.39, 0.29) is 0 Å². The van der Waals surface area contributed by atoms with Crippen molar-refractivity contribution in [1.82, 2.24) is 5.32 Å². The van der Waals surface area contributed by atoms with Crippen LogP contribution in [-0.2, 0) is 0 Å². The lowest BCUT2D eigenvalue weighted by Gasteiger charge is -2.29. The highest BCUT2D eigenvalue weighted by Gasteiger charge is 2.44. The molecule has 0 heterocycles. The molecule has 0 saturated heterocycles. The Morgan fingerprint density at radius 3 is 2.38 bits per heavy atom. The van der Waals surface area contributed by atoms with Gasteiger partial charge in [0.2, 0.25) is 0 Å². The first-order valence-corrected chi connectivity index (χ1v) is 5.58. The predicted molar refractivity (Wildman–Crippen MR) is 56.7 cm³/mol. The van der Waals surface area contributed by atoms with Gasteiger partial charge < -0.3 is 5.32 Å². The van der Waals surface area contributed by atoms with Gasteiger partial charge in [-0.15, -0.1) is 0 Å². The molecular weight excluding hydrogens is 158 g/mol. The van der Waals surface area contributed by atoms with E-state index in [0.29, 0.717) is 0 Å². The van der Waals surface area contributed by atoms with Gasteiger partial charge in [-0.05, 0) is 50.9 Å². The zero-order valence-electron chi connectivity index (χ0n) is 8.73. The van der Waals surface area contributed by atoms with Crippen molar-refractivity contribution in [2.75, 3.05) is 6.54 Å². The van der Waals surface area contributed by atoms with Crippen molar-refractivity contribution in [3.63, 3.8) is 0 Å². The molecule has 0 aromatic heterocycles. The standard InChI is InChI=1S/C12H21N/c1-10(2)9-13-11-3-5-12(6-4-11)7-8-12/h11,13H,1,3-9H2,2H3.